The monoisotopic (exact) mass is 455 g/mol. The molecular formula is C27H29N5S. The molecular weight excluding hydrogens is 426 g/mol. The molecule has 1 saturated heterocycles. The standard InChI is InChI=1S/C27H29N5S/c1-20-25(21(2)32(29-20)23-11-4-3-5-12-23)19-30-15-17-31(18-16-30)27(33)28-26-14-8-10-22-9-6-7-13-24(22)26/h3-14H,15-19H2,1-2H3,(H,28,33). The van der Waals surface area contributed by atoms with E-state index in [0.29, 0.717) is 0 Å². The Morgan fingerprint density at radius 1 is 0.879 bits per heavy atom. The fourth-order valence-corrected chi connectivity index (χ4v) is 4.88. The fourth-order valence-electron chi connectivity index (χ4n) is 4.59. The maximum atomic E-state index is 5.77. The third kappa shape index (κ3) is 4.49. The van der Waals surface area contributed by atoms with Crippen molar-refractivity contribution >= 4 is 33.8 Å². The first kappa shape index (κ1) is 21.6. The molecule has 1 N–H and O–H groups in total. The average Bonchev–Trinajstić information content (AvgIpc) is 3.13. The summed E-state index contributed by atoms with van der Waals surface area (Å²) in [7, 11) is 0. The Labute approximate surface area is 200 Å². The summed E-state index contributed by atoms with van der Waals surface area (Å²) in [5, 5.41) is 11.5. The highest BCUT2D eigenvalue weighted by Gasteiger charge is 2.22. The minimum atomic E-state index is 0.801. The molecule has 6 heteroatoms. The van der Waals surface area contributed by atoms with Crippen LogP contribution in [0, 0.1) is 13.8 Å². The van der Waals surface area contributed by atoms with Crippen molar-refractivity contribution in [3.05, 3.63) is 89.7 Å². The molecule has 0 atom stereocenters. The second-order valence-electron chi connectivity index (χ2n) is 8.62. The second kappa shape index (κ2) is 9.33. The molecule has 4 aromatic rings. The normalized spacial score (nSPS) is 14.5. The van der Waals surface area contributed by atoms with Gasteiger partial charge in [-0.2, -0.15) is 5.10 Å². The molecule has 0 amide bonds. The van der Waals surface area contributed by atoms with Crippen LogP contribution < -0.4 is 5.32 Å². The first-order valence-corrected chi connectivity index (χ1v) is 11.9. The number of piperazine rings is 1. The van der Waals surface area contributed by atoms with Gasteiger partial charge in [-0.1, -0.05) is 54.6 Å². The van der Waals surface area contributed by atoms with E-state index >= 15 is 0 Å². The Morgan fingerprint density at radius 3 is 2.36 bits per heavy atom. The molecule has 0 aliphatic carbocycles. The molecule has 0 bridgehead atoms. The van der Waals surface area contributed by atoms with E-state index in [2.05, 4.69) is 100 Å². The van der Waals surface area contributed by atoms with Gasteiger partial charge in [0, 0.05) is 55.1 Å². The molecule has 1 fully saturated rings. The van der Waals surface area contributed by atoms with Gasteiger partial charge in [-0.05, 0) is 49.7 Å². The van der Waals surface area contributed by atoms with E-state index in [-0.39, 0.29) is 0 Å². The van der Waals surface area contributed by atoms with Crippen LogP contribution in [0.2, 0.25) is 0 Å². The lowest BCUT2D eigenvalue weighted by Crippen LogP contribution is -2.49. The summed E-state index contributed by atoms with van der Waals surface area (Å²) in [5.74, 6) is 0. The number of nitrogens with one attached hydrogen (secondary N) is 1. The Kier molecular flexibility index (Phi) is 6.11. The van der Waals surface area contributed by atoms with Gasteiger partial charge in [0.25, 0.3) is 0 Å². The maximum Gasteiger partial charge on any atom is 0.173 e. The molecule has 5 rings (SSSR count). The topological polar surface area (TPSA) is 36.3 Å². The predicted molar refractivity (Wildman–Crippen MR) is 140 cm³/mol. The molecule has 2 heterocycles. The van der Waals surface area contributed by atoms with Crippen LogP contribution in [-0.2, 0) is 6.54 Å². The third-order valence-corrected chi connectivity index (χ3v) is 6.87. The summed E-state index contributed by atoms with van der Waals surface area (Å²) in [6.07, 6.45) is 0. The summed E-state index contributed by atoms with van der Waals surface area (Å²) in [6.45, 7) is 8.99. The van der Waals surface area contributed by atoms with E-state index in [1.54, 1.807) is 0 Å². The van der Waals surface area contributed by atoms with Gasteiger partial charge in [0.2, 0.25) is 0 Å². The van der Waals surface area contributed by atoms with Crippen LogP contribution in [0.5, 0.6) is 0 Å². The van der Waals surface area contributed by atoms with Gasteiger partial charge in [0.05, 0.1) is 11.4 Å². The number of anilines is 1. The van der Waals surface area contributed by atoms with Gasteiger partial charge >= 0.3 is 0 Å². The van der Waals surface area contributed by atoms with Crippen LogP contribution in [-0.4, -0.2) is 50.9 Å². The van der Waals surface area contributed by atoms with Crippen molar-refractivity contribution in [1.29, 1.82) is 0 Å². The lowest BCUT2D eigenvalue weighted by Gasteiger charge is -2.36. The van der Waals surface area contributed by atoms with Crippen molar-refractivity contribution in [1.82, 2.24) is 19.6 Å². The molecule has 1 aromatic heterocycles. The molecule has 0 spiro atoms. The van der Waals surface area contributed by atoms with Crippen LogP contribution in [0.15, 0.2) is 72.8 Å². The summed E-state index contributed by atoms with van der Waals surface area (Å²) in [4.78, 5) is 4.78. The largest absolute Gasteiger partial charge is 0.346 e. The highest BCUT2D eigenvalue weighted by atomic mass is 32.1. The molecule has 0 unspecified atom stereocenters. The minimum Gasteiger partial charge on any atom is -0.346 e. The van der Waals surface area contributed by atoms with Crippen LogP contribution in [0.3, 0.4) is 0 Å². The van der Waals surface area contributed by atoms with Gasteiger partial charge in [0.1, 0.15) is 0 Å². The van der Waals surface area contributed by atoms with Crippen LogP contribution in [0.4, 0.5) is 5.69 Å². The molecule has 1 aliphatic heterocycles. The number of hydrogen-bond acceptors (Lipinski definition) is 3. The minimum absolute atomic E-state index is 0.801. The molecule has 168 valence electrons. The quantitative estimate of drug-likeness (QED) is 0.430. The number of thiocarbonyl (C=S) groups is 1. The van der Waals surface area contributed by atoms with Crippen molar-refractivity contribution in [3.63, 3.8) is 0 Å². The van der Waals surface area contributed by atoms with Crippen molar-refractivity contribution in [3.8, 4) is 5.69 Å². The highest BCUT2D eigenvalue weighted by molar-refractivity contribution is 7.80. The van der Waals surface area contributed by atoms with E-state index in [0.717, 1.165) is 54.9 Å². The van der Waals surface area contributed by atoms with Crippen molar-refractivity contribution in [2.45, 2.75) is 20.4 Å². The number of rotatable bonds is 4. The summed E-state index contributed by atoms with van der Waals surface area (Å²) in [6, 6.07) is 25.1. The van der Waals surface area contributed by atoms with E-state index in [1.165, 1.54) is 22.0 Å². The molecule has 0 saturated carbocycles. The summed E-state index contributed by atoms with van der Waals surface area (Å²) in [5.41, 5.74) is 5.82. The number of para-hydroxylation sites is 1. The predicted octanol–water partition coefficient (Wildman–Crippen LogP) is 5.16. The van der Waals surface area contributed by atoms with Crippen molar-refractivity contribution in [2.24, 2.45) is 0 Å². The van der Waals surface area contributed by atoms with Crippen molar-refractivity contribution < 1.29 is 0 Å². The zero-order valence-electron chi connectivity index (χ0n) is 19.2. The second-order valence-corrected chi connectivity index (χ2v) is 9.00. The van der Waals surface area contributed by atoms with Crippen molar-refractivity contribution in [2.75, 3.05) is 31.5 Å². The van der Waals surface area contributed by atoms with Crippen LogP contribution >= 0.6 is 12.2 Å². The zero-order chi connectivity index (χ0) is 22.8. The zero-order valence-corrected chi connectivity index (χ0v) is 20.0. The van der Waals surface area contributed by atoms with Gasteiger partial charge in [-0.3, -0.25) is 4.90 Å². The fraction of sp³-hybridized carbons (Fsp3) is 0.259. The van der Waals surface area contributed by atoms with E-state index in [4.69, 9.17) is 17.3 Å². The first-order chi connectivity index (χ1) is 16.1. The Morgan fingerprint density at radius 2 is 1.58 bits per heavy atom. The smallest absolute Gasteiger partial charge is 0.173 e. The Hall–Kier alpha value is -3.22. The van der Waals surface area contributed by atoms with Crippen LogP contribution in [0.1, 0.15) is 17.0 Å². The molecule has 33 heavy (non-hydrogen) atoms. The Bertz CT molecular complexity index is 1270. The van der Waals surface area contributed by atoms with E-state index in [1.807, 2.05) is 6.07 Å². The molecule has 3 aromatic carbocycles. The molecule has 5 nitrogen and oxygen atoms in total. The third-order valence-electron chi connectivity index (χ3n) is 6.51. The van der Waals surface area contributed by atoms with E-state index < -0.39 is 0 Å². The van der Waals surface area contributed by atoms with Gasteiger partial charge < -0.3 is 10.2 Å². The molecule has 0 radical (unpaired) electrons. The number of benzene rings is 3. The highest BCUT2D eigenvalue weighted by Crippen LogP contribution is 2.24. The Balaban J connectivity index is 1.22. The number of aromatic nitrogens is 2. The van der Waals surface area contributed by atoms with Crippen LogP contribution in [0.25, 0.3) is 16.5 Å². The maximum absolute atomic E-state index is 5.77. The first-order valence-electron chi connectivity index (χ1n) is 11.5. The lowest BCUT2D eigenvalue weighted by atomic mass is 10.1. The number of aryl methyl sites for hydroxylation is 1. The summed E-state index contributed by atoms with van der Waals surface area (Å²) < 4.78 is 2.06. The number of nitrogens with zero attached hydrogens (tertiary/aromatic N) is 4. The number of hydrogen-bond donors (Lipinski definition) is 1. The van der Waals surface area contributed by atoms with Gasteiger partial charge in [-0.15, -0.1) is 0 Å². The summed E-state index contributed by atoms with van der Waals surface area (Å²) >= 11 is 5.77. The van der Waals surface area contributed by atoms with Gasteiger partial charge in [0.15, 0.2) is 5.11 Å². The van der Waals surface area contributed by atoms with Gasteiger partial charge in [-0.25, -0.2) is 4.68 Å². The molecule has 1 aliphatic rings. The number of fused-ring (bicyclic) bond motifs is 1. The SMILES string of the molecule is Cc1nn(-c2ccccc2)c(C)c1CN1CCN(C(=S)Nc2cccc3ccccc23)CC1. The van der Waals surface area contributed by atoms with E-state index in [9.17, 15) is 0 Å². The average molecular weight is 456 g/mol. The lowest BCUT2D eigenvalue weighted by molar-refractivity contribution is 0.176.